The van der Waals surface area contributed by atoms with E-state index in [0.29, 0.717) is 26.1 Å². The molecule has 2 fully saturated rings. The molecule has 2 rings (SSSR count). The Labute approximate surface area is 120 Å². The average molecular weight is 277 g/mol. The van der Waals surface area contributed by atoms with E-state index in [-0.39, 0.29) is 23.7 Å². The van der Waals surface area contributed by atoms with Crippen LogP contribution in [0.4, 0.5) is 0 Å². The summed E-state index contributed by atoms with van der Waals surface area (Å²) in [6.07, 6.45) is 3.87. The molecule has 110 valence electrons. The monoisotopic (exact) mass is 277 g/mol. The average Bonchev–Trinajstić information content (AvgIpc) is 2.53. The summed E-state index contributed by atoms with van der Waals surface area (Å²) in [5.74, 6) is 0.377. The quantitative estimate of drug-likeness (QED) is 0.766. The third-order valence-electron chi connectivity index (χ3n) is 4.41. The summed E-state index contributed by atoms with van der Waals surface area (Å²) in [6.45, 7) is 4.60. The summed E-state index contributed by atoms with van der Waals surface area (Å²) >= 11 is 0. The Morgan fingerprint density at radius 1 is 1.15 bits per heavy atom. The SMILES string of the molecule is CCC(=O)N1CCCC(C(=O)N2CCC(C#N)CC2)C1. The molecule has 1 atom stereocenters. The van der Waals surface area contributed by atoms with E-state index >= 15 is 0 Å². The van der Waals surface area contributed by atoms with Crippen molar-refractivity contribution in [3.05, 3.63) is 0 Å². The Balaban J connectivity index is 1.89. The van der Waals surface area contributed by atoms with Crippen LogP contribution in [0.25, 0.3) is 0 Å². The highest BCUT2D eigenvalue weighted by Crippen LogP contribution is 2.23. The summed E-state index contributed by atoms with van der Waals surface area (Å²) in [5.41, 5.74) is 0. The molecule has 2 amide bonds. The molecular formula is C15H23N3O2. The van der Waals surface area contributed by atoms with Gasteiger partial charge in [0.15, 0.2) is 0 Å². The van der Waals surface area contributed by atoms with E-state index in [1.54, 1.807) is 0 Å². The van der Waals surface area contributed by atoms with Gasteiger partial charge >= 0.3 is 0 Å². The Hall–Kier alpha value is -1.57. The number of carbonyl (C=O) groups excluding carboxylic acids is 2. The van der Waals surface area contributed by atoms with E-state index in [1.807, 2.05) is 16.7 Å². The maximum Gasteiger partial charge on any atom is 0.227 e. The molecule has 2 saturated heterocycles. The molecule has 2 aliphatic rings. The van der Waals surface area contributed by atoms with Crippen LogP contribution < -0.4 is 0 Å². The second-order valence-corrected chi connectivity index (χ2v) is 5.76. The normalized spacial score (nSPS) is 24.3. The van der Waals surface area contributed by atoms with Crippen molar-refractivity contribution >= 4 is 11.8 Å². The second-order valence-electron chi connectivity index (χ2n) is 5.76. The molecule has 0 aliphatic carbocycles. The third kappa shape index (κ3) is 3.30. The number of amides is 2. The van der Waals surface area contributed by atoms with Gasteiger partial charge in [-0.25, -0.2) is 0 Å². The molecule has 5 heteroatoms. The highest BCUT2D eigenvalue weighted by atomic mass is 16.2. The van der Waals surface area contributed by atoms with Gasteiger partial charge in [0.2, 0.25) is 11.8 Å². The maximum atomic E-state index is 12.5. The zero-order valence-corrected chi connectivity index (χ0v) is 12.2. The number of nitriles is 1. The standard InChI is InChI=1S/C15H23N3O2/c1-2-14(19)18-7-3-4-13(11-18)15(20)17-8-5-12(10-16)6-9-17/h12-13H,2-9,11H2,1H3. The van der Waals surface area contributed by atoms with Crippen LogP contribution in [-0.2, 0) is 9.59 Å². The van der Waals surface area contributed by atoms with Gasteiger partial charge in [0.1, 0.15) is 0 Å². The van der Waals surface area contributed by atoms with Gasteiger partial charge in [-0.05, 0) is 25.7 Å². The number of likely N-dealkylation sites (tertiary alicyclic amines) is 2. The Morgan fingerprint density at radius 3 is 2.45 bits per heavy atom. The number of rotatable bonds is 2. The largest absolute Gasteiger partial charge is 0.342 e. The van der Waals surface area contributed by atoms with Crippen molar-refractivity contribution in [2.45, 2.75) is 39.0 Å². The molecule has 0 radical (unpaired) electrons. The highest BCUT2D eigenvalue weighted by molar-refractivity contribution is 5.81. The minimum Gasteiger partial charge on any atom is -0.342 e. The number of hydrogen-bond donors (Lipinski definition) is 0. The molecule has 2 aliphatic heterocycles. The predicted octanol–water partition coefficient (Wildman–Crippen LogP) is 1.40. The summed E-state index contributed by atoms with van der Waals surface area (Å²) in [7, 11) is 0. The van der Waals surface area contributed by atoms with E-state index in [2.05, 4.69) is 6.07 Å². The molecule has 2 heterocycles. The van der Waals surface area contributed by atoms with E-state index < -0.39 is 0 Å². The zero-order chi connectivity index (χ0) is 14.5. The Kier molecular flexibility index (Phi) is 4.99. The van der Waals surface area contributed by atoms with E-state index in [1.165, 1.54) is 0 Å². The number of nitrogens with zero attached hydrogens (tertiary/aromatic N) is 3. The van der Waals surface area contributed by atoms with E-state index in [0.717, 1.165) is 32.2 Å². The van der Waals surface area contributed by atoms with E-state index in [9.17, 15) is 9.59 Å². The fourth-order valence-corrected chi connectivity index (χ4v) is 3.12. The van der Waals surface area contributed by atoms with Gasteiger partial charge in [-0.3, -0.25) is 9.59 Å². The number of carbonyl (C=O) groups is 2. The van der Waals surface area contributed by atoms with Gasteiger partial charge in [-0.1, -0.05) is 6.92 Å². The van der Waals surface area contributed by atoms with Crippen molar-refractivity contribution in [1.82, 2.24) is 9.80 Å². The molecule has 0 saturated carbocycles. The van der Waals surface area contributed by atoms with Crippen molar-refractivity contribution in [2.24, 2.45) is 11.8 Å². The van der Waals surface area contributed by atoms with Gasteiger partial charge < -0.3 is 9.80 Å². The number of hydrogen-bond acceptors (Lipinski definition) is 3. The van der Waals surface area contributed by atoms with Crippen molar-refractivity contribution < 1.29 is 9.59 Å². The van der Waals surface area contributed by atoms with Gasteiger partial charge in [0.25, 0.3) is 0 Å². The minimum absolute atomic E-state index is 0.0436. The Morgan fingerprint density at radius 2 is 1.85 bits per heavy atom. The fraction of sp³-hybridized carbons (Fsp3) is 0.800. The molecule has 0 aromatic heterocycles. The predicted molar refractivity (Wildman–Crippen MR) is 74.5 cm³/mol. The van der Waals surface area contributed by atoms with Crippen molar-refractivity contribution in [2.75, 3.05) is 26.2 Å². The molecular weight excluding hydrogens is 254 g/mol. The second kappa shape index (κ2) is 6.74. The molecule has 5 nitrogen and oxygen atoms in total. The van der Waals surface area contributed by atoms with Crippen LogP contribution in [-0.4, -0.2) is 47.8 Å². The summed E-state index contributed by atoms with van der Waals surface area (Å²) in [5, 5.41) is 8.89. The van der Waals surface area contributed by atoms with Crippen LogP contribution >= 0.6 is 0 Å². The van der Waals surface area contributed by atoms with Crippen molar-refractivity contribution in [3.63, 3.8) is 0 Å². The van der Waals surface area contributed by atoms with Crippen LogP contribution in [0.15, 0.2) is 0 Å². The summed E-state index contributed by atoms with van der Waals surface area (Å²) in [6, 6.07) is 2.28. The molecule has 0 N–H and O–H groups in total. The summed E-state index contributed by atoms with van der Waals surface area (Å²) < 4.78 is 0. The lowest BCUT2D eigenvalue weighted by Gasteiger charge is -2.37. The first kappa shape index (κ1) is 14.8. The fourth-order valence-electron chi connectivity index (χ4n) is 3.12. The van der Waals surface area contributed by atoms with Crippen molar-refractivity contribution in [1.29, 1.82) is 5.26 Å². The first-order valence-corrected chi connectivity index (χ1v) is 7.61. The van der Waals surface area contributed by atoms with Crippen LogP contribution in [0.2, 0.25) is 0 Å². The highest BCUT2D eigenvalue weighted by Gasteiger charge is 2.32. The maximum absolute atomic E-state index is 12.5. The minimum atomic E-state index is -0.0436. The van der Waals surface area contributed by atoms with Crippen LogP contribution in [0.5, 0.6) is 0 Å². The molecule has 0 spiro atoms. The van der Waals surface area contributed by atoms with Gasteiger partial charge in [0, 0.05) is 38.5 Å². The zero-order valence-electron chi connectivity index (χ0n) is 12.2. The van der Waals surface area contributed by atoms with Crippen molar-refractivity contribution in [3.8, 4) is 6.07 Å². The third-order valence-corrected chi connectivity index (χ3v) is 4.41. The van der Waals surface area contributed by atoms with Gasteiger partial charge in [-0.2, -0.15) is 5.26 Å². The van der Waals surface area contributed by atoms with E-state index in [4.69, 9.17) is 5.26 Å². The van der Waals surface area contributed by atoms with Crippen LogP contribution in [0.1, 0.15) is 39.0 Å². The Bertz CT molecular complexity index is 408. The lowest BCUT2D eigenvalue weighted by atomic mass is 9.93. The molecule has 0 aromatic carbocycles. The first-order chi connectivity index (χ1) is 9.65. The first-order valence-electron chi connectivity index (χ1n) is 7.61. The molecule has 0 bridgehead atoms. The van der Waals surface area contributed by atoms with Gasteiger partial charge in [0.05, 0.1) is 12.0 Å². The topological polar surface area (TPSA) is 64.4 Å². The lowest BCUT2D eigenvalue weighted by molar-refractivity contribution is -0.141. The molecule has 20 heavy (non-hydrogen) atoms. The molecule has 0 aromatic rings. The van der Waals surface area contributed by atoms with Crippen LogP contribution in [0.3, 0.4) is 0 Å². The molecule has 1 unspecified atom stereocenters. The lowest BCUT2D eigenvalue weighted by Crippen LogP contribution is -2.48. The van der Waals surface area contributed by atoms with Crippen LogP contribution in [0, 0.1) is 23.2 Å². The smallest absolute Gasteiger partial charge is 0.227 e. The van der Waals surface area contributed by atoms with Gasteiger partial charge in [-0.15, -0.1) is 0 Å². The summed E-state index contributed by atoms with van der Waals surface area (Å²) in [4.78, 5) is 28.0. The number of piperidine rings is 2.